The van der Waals surface area contributed by atoms with Crippen LogP contribution < -0.4 is 5.32 Å². The van der Waals surface area contributed by atoms with Gasteiger partial charge in [0, 0.05) is 19.5 Å². The first-order chi connectivity index (χ1) is 14.1. The summed E-state index contributed by atoms with van der Waals surface area (Å²) < 4.78 is 2.23. The first kappa shape index (κ1) is 19.2. The van der Waals surface area contributed by atoms with Crippen LogP contribution in [-0.2, 0) is 13.0 Å². The summed E-state index contributed by atoms with van der Waals surface area (Å²) in [5, 5.41) is 3.41. The summed E-state index contributed by atoms with van der Waals surface area (Å²) in [5.41, 5.74) is 5.02. The topological polar surface area (TPSA) is 46.9 Å². The number of aryl methyl sites for hydroxylation is 1. The molecular weight excluding hydrogens is 382 g/mol. The van der Waals surface area contributed by atoms with E-state index in [1.54, 1.807) is 12.1 Å². The molecule has 0 fully saturated rings. The van der Waals surface area contributed by atoms with E-state index in [2.05, 4.69) is 47.1 Å². The van der Waals surface area contributed by atoms with Crippen LogP contribution >= 0.6 is 11.6 Å². The highest BCUT2D eigenvalue weighted by Gasteiger charge is 2.13. The summed E-state index contributed by atoms with van der Waals surface area (Å²) in [6, 6.07) is 23.7. The summed E-state index contributed by atoms with van der Waals surface area (Å²) in [4.78, 5) is 17.2. The van der Waals surface area contributed by atoms with Crippen molar-refractivity contribution in [2.24, 2.45) is 0 Å². The number of nitrogens with zero attached hydrogens (tertiary/aromatic N) is 2. The number of para-hydroxylation sites is 2. The van der Waals surface area contributed by atoms with Gasteiger partial charge in [0.1, 0.15) is 5.82 Å². The van der Waals surface area contributed by atoms with Crippen LogP contribution in [0.3, 0.4) is 0 Å². The van der Waals surface area contributed by atoms with Crippen molar-refractivity contribution >= 4 is 28.5 Å². The number of hydrogen-bond donors (Lipinski definition) is 1. The average Bonchev–Trinajstić information content (AvgIpc) is 3.06. The van der Waals surface area contributed by atoms with Gasteiger partial charge in [-0.1, -0.05) is 65.7 Å². The van der Waals surface area contributed by atoms with Crippen molar-refractivity contribution in [1.29, 1.82) is 0 Å². The minimum Gasteiger partial charge on any atom is -0.352 e. The van der Waals surface area contributed by atoms with Crippen LogP contribution in [0.1, 0.15) is 27.3 Å². The minimum atomic E-state index is -0.169. The van der Waals surface area contributed by atoms with Crippen molar-refractivity contribution in [3.8, 4) is 0 Å². The first-order valence-electron chi connectivity index (χ1n) is 9.64. The molecule has 0 radical (unpaired) electrons. The molecule has 0 saturated carbocycles. The van der Waals surface area contributed by atoms with Crippen LogP contribution in [0.15, 0.2) is 72.8 Å². The smallest absolute Gasteiger partial charge is 0.252 e. The summed E-state index contributed by atoms with van der Waals surface area (Å²) >= 11 is 6.12. The molecule has 1 heterocycles. The van der Waals surface area contributed by atoms with Gasteiger partial charge in [-0.15, -0.1) is 0 Å². The molecule has 0 unspecified atom stereocenters. The predicted octanol–water partition coefficient (Wildman–Crippen LogP) is 5.02. The SMILES string of the molecule is Cc1cccc(Cn2c(CCNC(=O)c3ccccc3Cl)nc3ccccc32)c1. The molecule has 0 bridgehead atoms. The third-order valence-corrected chi connectivity index (χ3v) is 5.24. The molecule has 146 valence electrons. The third kappa shape index (κ3) is 4.33. The monoisotopic (exact) mass is 403 g/mol. The molecule has 0 aliphatic rings. The van der Waals surface area contributed by atoms with Crippen molar-refractivity contribution in [2.45, 2.75) is 19.9 Å². The molecule has 29 heavy (non-hydrogen) atoms. The first-order valence-corrected chi connectivity index (χ1v) is 10.0. The lowest BCUT2D eigenvalue weighted by Crippen LogP contribution is -2.26. The summed E-state index contributed by atoms with van der Waals surface area (Å²) in [7, 11) is 0. The van der Waals surface area contributed by atoms with Gasteiger partial charge in [-0.05, 0) is 36.8 Å². The van der Waals surface area contributed by atoms with Gasteiger partial charge in [0.25, 0.3) is 5.91 Å². The Morgan fingerprint density at radius 1 is 1.03 bits per heavy atom. The molecule has 4 nitrogen and oxygen atoms in total. The maximum atomic E-state index is 12.4. The summed E-state index contributed by atoms with van der Waals surface area (Å²) in [6.07, 6.45) is 0.636. The Kier molecular flexibility index (Phi) is 5.63. The van der Waals surface area contributed by atoms with Crippen LogP contribution in [0.2, 0.25) is 5.02 Å². The Bertz CT molecular complexity index is 1170. The zero-order valence-corrected chi connectivity index (χ0v) is 17.0. The minimum absolute atomic E-state index is 0.169. The number of rotatable bonds is 6. The van der Waals surface area contributed by atoms with E-state index in [9.17, 15) is 4.79 Å². The van der Waals surface area contributed by atoms with Crippen LogP contribution in [0.25, 0.3) is 11.0 Å². The Balaban J connectivity index is 1.54. The molecule has 0 aliphatic heterocycles. The molecule has 5 heteroatoms. The van der Waals surface area contributed by atoms with E-state index in [0.717, 1.165) is 23.4 Å². The zero-order valence-electron chi connectivity index (χ0n) is 16.2. The third-order valence-electron chi connectivity index (χ3n) is 4.91. The van der Waals surface area contributed by atoms with Crippen molar-refractivity contribution < 1.29 is 4.79 Å². The van der Waals surface area contributed by atoms with Gasteiger partial charge >= 0.3 is 0 Å². The highest BCUT2D eigenvalue weighted by molar-refractivity contribution is 6.33. The summed E-state index contributed by atoms with van der Waals surface area (Å²) in [6.45, 7) is 3.33. The standard InChI is InChI=1S/C24H22ClN3O/c1-17-7-6-8-18(15-17)16-28-22-12-5-4-11-21(22)27-23(28)13-14-26-24(29)19-9-2-3-10-20(19)25/h2-12,15H,13-14,16H2,1H3,(H,26,29). The number of aromatic nitrogens is 2. The second kappa shape index (κ2) is 8.50. The van der Waals surface area contributed by atoms with E-state index in [1.807, 2.05) is 30.3 Å². The fourth-order valence-corrected chi connectivity index (χ4v) is 3.74. The number of fused-ring (bicyclic) bond motifs is 1. The van der Waals surface area contributed by atoms with Crippen LogP contribution in [0.4, 0.5) is 0 Å². The van der Waals surface area contributed by atoms with Gasteiger partial charge < -0.3 is 9.88 Å². The molecule has 4 rings (SSSR count). The van der Waals surface area contributed by atoms with E-state index in [4.69, 9.17) is 16.6 Å². The zero-order chi connectivity index (χ0) is 20.2. The van der Waals surface area contributed by atoms with Crippen LogP contribution in [0.5, 0.6) is 0 Å². The van der Waals surface area contributed by atoms with Gasteiger partial charge in [0.15, 0.2) is 0 Å². The van der Waals surface area contributed by atoms with Gasteiger partial charge in [-0.2, -0.15) is 0 Å². The lowest BCUT2D eigenvalue weighted by Gasteiger charge is -2.11. The number of carbonyl (C=O) groups is 1. The molecule has 4 aromatic rings. The Morgan fingerprint density at radius 3 is 2.66 bits per heavy atom. The Hall–Kier alpha value is -3.11. The normalized spacial score (nSPS) is 11.0. The van der Waals surface area contributed by atoms with Crippen LogP contribution in [0, 0.1) is 6.92 Å². The highest BCUT2D eigenvalue weighted by Crippen LogP contribution is 2.19. The van der Waals surface area contributed by atoms with Gasteiger partial charge in [-0.3, -0.25) is 4.79 Å². The van der Waals surface area contributed by atoms with Gasteiger partial charge in [0.2, 0.25) is 0 Å². The van der Waals surface area contributed by atoms with Crippen LogP contribution in [-0.4, -0.2) is 22.0 Å². The van der Waals surface area contributed by atoms with Crippen molar-refractivity contribution in [3.63, 3.8) is 0 Å². The fraction of sp³-hybridized carbons (Fsp3) is 0.167. The van der Waals surface area contributed by atoms with E-state index in [0.29, 0.717) is 23.6 Å². The molecule has 0 aliphatic carbocycles. The number of nitrogens with one attached hydrogen (secondary N) is 1. The highest BCUT2D eigenvalue weighted by atomic mass is 35.5. The summed E-state index contributed by atoms with van der Waals surface area (Å²) in [5.74, 6) is 0.782. The molecule has 1 N–H and O–H groups in total. The number of carbonyl (C=O) groups excluding carboxylic acids is 1. The molecule has 0 saturated heterocycles. The van der Waals surface area contributed by atoms with Crippen molar-refractivity contribution in [3.05, 3.63) is 100 Å². The number of halogens is 1. The number of imidazole rings is 1. The van der Waals surface area contributed by atoms with Crippen molar-refractivity contribution in [2.75, 3.05) is 6.54 Å². The Labute approximate surface area is 175 Å². The second-order valence-corrected chi connectivity index (χ2v) is 7.48. The Morgan fingerprint density at radius 2 is 1.83 bits per heavy atom. The number of benzene rings is 3. The average molecular weight is 404 g/mol. The number of amides is 1. The molecule has 0 spiro atoms. The molecular formula is C24H22ClN3O. The molecule has 1 amide bonds. The maximum Gasteiger partial charge on any atom is 0.252 e. The quantitative estimate of drug-likeness (QED) is 0.491. The molecule has 1 aromatic heterocycles. The molecule has 0 atom stereocenters. The second-order valence-electron chi connectivity index (χ2n) is 7.08. The maximum absolute atomic E-state index is 12.4. The fourth-order valence-electron chi connectivity index (χ4n) is 3.51. The predicted molar refractivity (Wildman–Crippen MR) is 118 cm³/mol. The lowest BCUT2D eigenvalue weighted by molar-refractivity contribution is 0.0954. The largest absolute Gasteiger partial charge is 0.352 e. The van der Waals surface area contributed by atoms with E-state index < -0.39 is 0 Å². The van der Waals surface area contributed by atoms with Gasteiger partial charge in [-0.25, -0.2) is 4.98 Å². The van der Waals surface area contributed by atoms with Crippen molar-refractivity contribution in [1.82, 2.24) is 14.9 Å². The lowest BCUT2D eigenvalue weighted by atomic mass is 10.1. The van der Waals surface area contributed by atoms with E-state index >= 15 is 0 Å². The van der Waals surface area contributed by atoms with Gasteiger partial charge in [0.05, 0.1) is 21.6 Å². The van der Waals surface area contributed by atoms with E-state index in [1.165, 1.54) is 11.1 Å². The number of hydrogen-bond acceptors (Lipinski definition) is 2. The van der Waals surface area contributed by atoms with E-state index in [-0.39, 0.29) is 5.91 Å². The molecule has 3 aromatic carbocycles.